The number of rotatable bonds is 5. The molecule has 1 aromatic rings. The second kappa shape index (κ2) is 5.07. The number of hydrogen-bond donors (Lipinski definition) is 1. The van der Waals surface area contributed by atoms with Crippen LogP contribution in [-0.2, 0) is 0 Å². The van der Waals surface area contributed by atoms with Gasteiger partial charge in [-0.15, -0.1) is 0 Å². The van der Waals surface area contributed by atoms with Gasteiger partial charge in [0.05, 0.1) is 0 Å². The van der Waals surface area contributed by atoms with Crippen molar-refractivity contribution in [3.05, 3.63) is 17.0 Å². The van der Waals surface area contributed by atoms with E-state index in [1.54, 1.807) is 0 Å². The molecule has 0 aromatic carbocycles. The average molecular weight is 210 g/mol. The van der Waals surface area contributed by atoms with E-state index in [0.29, 0.717) is 25.1 Å². The molecular formula is C11H18N2O2. The second-order valence-corrected chi connectivity index (χ2v) is 3.99. The van der Waals surface area contributed by atoms with Crippen LogP contribution in [0.1, 0.15) is 54.4 Å². The van der Waals surface area contributed by atoms with Crippen molar-refractivity contribution in [1.29, 1.82) is 0 Å². The molecule has 0 aliphatic carbocycles. The summed E-state index contributed by atoms with van der Waals surface area (Å²) >= 11 is 0. The van der Waals surface area contributed by atoms with E-state index >= 15 is 0 Å². The van der Waals surface area contributed by atoms with Gasteiger partial charge in [-0.3, -0.25) is 4.79 Å². The Labute approximate surface area is 89.8 Å². The highest BCUT2D eigenvalue weighted by Gasteiger charge is 2.19. The number of ketones is 1. The molecule has 0 spiro atoms. The normalized spacial score (nSPS) is 11.0. The fourth-order valence-electron chi connectivity index (χ4n) is 1.53. The zero-order valence-electron chi connectivity index (χ0n) is 9.54. The molecule has 0 saturated carbocycles. The summed E-state index contributed by atoms with van der Waals surface area (Å²) in [5.74, 6) is 1.08. The van der Waals surface area contributed by atoms with E-state index in [4.69, 9.17) is 10.3 Å². The first-order valence-corrected chi connectivity index (χ1v) is 5.27. The summed E-state index contributed by atoms with van der Waals surface area (Å²) in [6.45, 7) is 6.44. The molecule has 0 unspecified atom stereocenters. The molecule has 0 aliphatic rings. The third-order valence-electron chi connectivity index (χ3n) is 2.36. The summed E-state index contributed by atoms with van der Waals surface area (Å²) in [5.41, 5.74) is 6.68. The highest BCUT2D eigenvalue weighted by Crippen LogP contribution is 2.22. The van der Waals surface area contributed by atoms with Gasteiger partial charge in [-0.05, 0) is 19.9 Å². The Bertz CT molecular complexity index is 342. The number of carbonyl (C=O) groups excluding carboxylic acids is 1. The van der Waals surface area contributed by atoms with Gasteiger partial charge < -0.3 is 10.3 Å². The molecule has 1 rings (SSSR count). The van der Waals surface area contributed by atoms with Crippen LogP contribution < -0.4 is 5.73 Å². The highest BCUT2D eigenvalue weighted by atomic mass is 16.5. The summed E-state index contributed by atoms with van der Waals surface area (Å²) in [4.78, 5) is 11.7. The lowest BCUT2D eigenvalue weighted by Gasteiger charge is -1.99. The predicted molar refractivity (Wildman–Crippen MR) is 57.9 cm³/mol. The van der Waals surface area contributed by atoms with Crippen molar-refractivity contribution in [1.82, 2.24) is 5.16 Å². The smallest absolute Gasteiger partial charge is 0.185 e. The minimum atomic E-state index is 0.0219. The predicted octanol–water partition coefficient (Wildman–Crippen LogP) is 2.03. The van der Waals surface area contributed by atoms with Crippen molar-refractivity contribution in [2.45, 2.75) is 39.5 Å². The second-order valence-electron chi connectivity index (χ2n) is 3.99. The third kappa shape index (κ3) is 2.65. The van der Waals surface area contributed by atoms with Crippen LogP contribution in [0.2, 0.25) is 0 Å². The first kappa shape index (κ1) is 11.9. The van der Waals surface area contributed by atoms with E-state index in [1.807, 2.05) is 20.8 Å². The van der Waals surface area contributed by atoms with Crippen LogP contribution in [0, 0.1) is 6.92 Å². The first-order chi connectivity index (χ1) is 7.07. The summed E-state index contributed by atoms with van der Waals surface area (Å²) in [5, 5.41) is 3.82. The zero-order valence-corrected chi connectivity index (χ0v) is 9.54. The van der Waals surface area contributed by atoms with E-state index in [1.165, 1.54) is 0 Å². The topological polar surface area (TPSA) is 69.1 Å². The molecular weight excluding hydrogens is 192 g/mol. The van der Waals surface area contributed by atoms with Gasteiger partial charge >= 0.3 is 0 Å². The van der Waals surface area contributed by atoms with E-state index in [-0.39, 0.29) is 11.7 Å². The van der Waals surface area contributed by atoms with Gasteiger partial charge in [0, 0.05) is 17.9 Å². The Kier molecular flexibility index (Phi) is 4.03. The number of nitrogens with zero attached hydrogens (tertiary/aromatic N) is 1. The standard InChI is InChI=1S/C11H18N2O2/c1-7(2)11-8(3)10(13-15-11)9(14)5-4-6-12/h7H,4-6,12H2,1-3H3. The fourth-order valence-corrected chi connectivity index (χ4v) is 1.53. The Morgan fingerprint density at radius 1 is 1.53 bits per heavy atom. The van der Waals surface area contributed by atoms with Gasteiger partial charge in [0.15, 0.2) is 11.5 Å². The summed E-state index contributed by atoms with van der Waals surface area (Å²) < 4.78 is 5.16. The highest BCUT2D eigenvalue weighted by molar-refractivity contribution is 5.95. The van der Waals surface area contributed by atoms with Gasteiger partial charge in [0.25, 0.3) is 0 Å². The van der Waals surface area contributed by atoms with E-state index in [2.05, 4.69) is 5.16 Å². The van der Waals surface area contributed by atoms with Crippen molar-refractivity contribution >= 4 is 5.78 Å². The molecule has 0 saturated heterocycles. The zero-order chi connectivity index (χ0) is 11.4. The van der Waals surface area contributed by atoms with Crippen LogP contribution in [-0.4, -0.2) is 17.5 Å². The Hall–Kier alpha value is -1.16. The minimum Gasteiger partial charge on any atom is -0.360 e. The van der Waals surface area contributed by atoms with Crippen LogP contribution in [0.15, 0.2) is 4.52 Å². The molecule has 0 radical (unpaired) electrons. The summed E-state index contributed by atoms with van der Waals surface area (Å²) in [6, 6.07) is 0. The first-order valence-electron chi connectivity index (χ1n) is 5.27. The molecule has 84 valence electrons. The lowest BCUT2D eigenvalue weighted by atomic mass is 10.0. The van der Waals surface area contributed by atoms with Gasteiger partial charge in [-0.1, -0.05) is 19.0 Å². The van der Waals surface area contributed by atoms with Crippen LogP contribution in [0.25, 0.3) is 0 Å². The monoisotopic (exact) mass is 210 g/mol. The summed E-state index contributed by atoms with van der Waals surface area (Å²) in [6.07, 6.45) is 1.14. The minimum absolute atomic E-state index is 0.0219. The maximum atomic E-state index is 11.7. The maximum Gasteiger partial charge on any atom is 0.185 e. The summed E-state index contributed by atoms with van der Waals surface area (Å²) in [7, 11) is 0. The number of carbonyl (C=O) groups is 1. The fraction of sp³-hybridized carbons (Fsp3) is 0.636. The molecule has 1 aromatic heterocycles. The lowest BCUT2D eigenvalue weighted by molar-refractivity contribution is 0.0971. The van der Waals surface area contributed by atoms with Gasteiger partial charge in [0.2, 0.25) is 0 Å². The van der Waals surface area contributed by atoms with E-state index in [0.717, 1.165) is 11.3 Å². The quantitative estimate of drug-likeness (QED) is 0.755. The molecule has 15 heavy (non-hydrogen) atoms. The molecule has 0 amide bonds. The Balaban J connectivity index is 2.82. The van der Waals surface area contributed by atoms with Crippen molar-refractivity contribution in [3.8, 4) is 0 Å². The van der Waals surface area contributed by atoms with Gasteiger partial charge in [0.1, 0.15) is 5.76 Å². The van der Waals surface area contributed by atoms with Crippen LogP contribution >= 0.6 is 0 Å². The van der Waals surface area contributed by atoms with Crippen LogP contribution in [0.4, 0.5) is 0 Å². The van der Waals surface area contributed by atoms with Crippen LogP contribution in [0.5, 0.6) is 0 Å². The molecule has 0 fully saturated rings. The number of aromatic nitrogens is 1. The molecule has 4 heteroatoms. The molecule has 0 atom stereocenters. The van der Waals surface area contributed by atoms with Crippen molar-refractivity contribution in [3.63, 3.8) is 0 Å². The Morgan fingerprint density at radius 3 is 2.67 bits per heavy atom. The van der Waals surface area contributed by atoms with E-state index in [9.17, 15) is 4.79 Å². The number of Topliss-reactive ketones (excluding diaryl/α,β-unsaturated/α-hetero) is 1. The molecule has 4 nitrogen and oxygen atoms in total. The number of nitrogens with two attached hydrogens (primary N) is 1. The number of hydrogen-bond acceptors (Lipinski definition) is 4. The molecule has 2 N–H and O–H groups in total. The molecule has 0 bridgehead atoms. The van der Waals surface area contributed by atoms with Gasteiger partial charge in [-0.25, -0.2) is 0 Å². The third-order valence-corrected chi connectivity index (χ3v) is 2.36. The van der Waals surface area contributed by atoms with Crippen molar-refractivity contribution in [2.75, 3.05) is 6.54 Å². The Morgan fingerprint density at radius 2 is 2.20 bits per heavy atom. The SMILES string of the molecule is Cc1c(C(=O)CCCN)noc1C(C)C. The van der Waals surface area contributed by atoms with Crippen molar-refractivity contribution < 1.29 is 9.32 Å². The lowest BCUT2D eigenvalue weighted by Crippen LogP contribution is -2.06. The largest absolute Gasteiger partial charge is 0.360 e. The maximum absolute atomic E-state index is 11.7. The van der Waals surface area contributed by atoms with Crippen molar-refractivity contribution in [2.24, 2.45) is 5.73 Å². The van der Waals surface area contributed by atoms with Crippen LogP contribution in [0.3, 0.4) is 0 Å². The molecule has 0 aliphatic heterocycles. The van der Waals surface area contributed by atoms with E-state index < -0.39 is 0 Å². The van der Waals surface area contributed by atoms with Gasteiger partial charge in [-0.2, -0.15) is 0 Å². The average Bonchev–Trinajstić information content (AvgIpc) is 2.56. The molecule has 1 heterocycles.